The molecular formula is C16H9Cl6N3O2. The largest absolute Gasteiger partial charge is 0.507 e. The Kier molecular flexibility index (Phi) is 5.75. The molecule has 1 aromatic heterocycles. The van der Waals surface area contributed by atoms with Crippen molar-refractivity contribution in [1.29, 1.82) is 0 Å². The number of ether oxygens (including phenoxy) is 1. The maximum absolute atomic E-state index is 10.8. The highest BCUT2D eigenvalue weighted by molar-refractivity contribution is 6.67. The number of halogens is 6. The van der Waals surface area contributed by atoms with Crippen molar-refractivity contribution in [3.63, 3.8) is 0 Å². The number of phenols is 1. The van der Waals surface area contributed by atoms with Crippen LogP contribution in [0.3, 0.4) is 0 Å². The molecule has 0 amide bonds. The van der Waals surface area contributed by atoms with Gasteiger partial charge in [-0.3, -0.25) is 0 Å². The van der Waals surface area contributed by atoms with E-state index in [2.05, 4.69) is 15.0 Å². The molecule has 0 aliphatic heterocycles. The molecule has 1 heterocycles. The Bertz CT molecular complexity index is 985. The summed E-state index contributed by atoms with van der Waals surface area (Å²) in [5, 5.41) is 12.0. The molecule has 0 aliphatic carbocycles. The van der Waals surface area contributed by atoms with Crippen molar-refractivity contribution in [1.82, 2.24) is 15.0 Å². The fourth-order valence-electron chi connectivity index (χ4n) is 2.42. The Morgan fingerprint density at radius 2 is 1.37 bits per heavy atom. The van der Waals surface area contributed by atoms with Crippen LogP contribution >= 0.6 is 69.6 Å². The predicted molar refractivity (Wildman–Crippen MR) is 109 cm³/mol. The number of phenolic OH excluding ortho intramolecular Hbond substituents is 1. The van der Waals surface area contributed by atoms with E-state index in [4.69, 9.17) is 74.3 Å². The number of rotatable bonds is 2. The van der Waals surface area contributed by atoms with E-state index in [0.29, 0.717) is 16.5 Å². The summed E-state index contributed by atoms with van der Waals surface area (Å²) in [5.74, 6) is -0.197. The van der Waals surface area contributed by atoms with Crippen LogP contribution in [0.15, 0.2) is 30.3 Å². The molecule has 27 heavy (non-hydrogen) atoms. The quantitative estimate of drug-likeness (QED) is 0.445. The molecule has 0 bridgehead atoms. The maximum atomic E-state index is 10.8. The first kappa shape index (κ1) is 20.8. The molecule has 11 heteroatoms. The third-order valence-corrected chi connectivity index (χ3v) is 4.60. The summed E-state index contributed by atoms with van der Waals surface area (Å²) < 4.78 is 1.40. The number of aromatic nitrogens is 3. The lowest BCUT2D eigenvalue weighted by molar-refractivity contribution is 0.418. The molecule has 2 aromatic carbocycles. The molecule has 5 nitrogen and oxygen atoms in total. The Morgan fingerprint density at radius 1 is 0.852 bits per heavy atom. The van der Waals surface area contributed by atoms with Gasteiger partial charge in [0, 0.05) is 10.8 Å². The van der Waals surface area contributed by atoms with E-state index in [1.165, 1.54) is 13.2 Å². The zero-order chi connectivity index (χ0) is 20.0. The third-order valence-electron chi connectivity index (χ3n) is 3.58. The van der Waals surface area contributed by atoms with Gasteiger partial charge in [-0.2, -0.15) is 0 Å². The zero-order valence-corrected chi connectivity index (χ0v) is 17.9. The predicted octanol–water partition coefficient (Wildman–Crippen LogP) is 6.06. The van der Waals surface area contributed by atoms with Gasteiger partial charge in [-0.25, -0.2) is 15.0 Å². The molecule has 0 aliphatic rings. The minimum atomic E-state index is -2.00. The molecular weight excluding hydrogens is 479 g/mol. The average molecular weight is 488 g/mol. The van der Waals surface area contributed by atoms with Crippen molar-refractivity contribution in [2.75, 3.05) is 7.11 Å². The maximum Gasteiger partial charge on any atom is 0.250 e. The summed E-state index contributed by atoms with van der Waals surface area (Å²) >= 11 is 35.4. The molecule has 1 N–H and O–H groups in total. The van der Waals surface area contributed by atoms with E-state index in [0.717, 1.165) is 0 Å². The Hall–Kier alpha value is -0.950. The van der Waals surface area contributed by atoms with Crippen LogP contribution in [0.2, 0.25) is 0 Å². The molecule has 142 valence electrons. The molecule has 0 saturated heterocycles. The standard InChI is InChI=1S/C16H9Cl6N3O2/c1-27-10-6-9(11(26)8-5-3-2-4-7(8)10)12-23-13(15(17,18)19)25-14(24-12)16(20,21)22/h2-6,26H,1H3. The van der Waals surface area contributed by atoms with Gasteiger partial charge < -0.3 is 9.84 Å². The van der Waals surface area contributed by atoms with Crippen LogP contribution in [-0.4, -0.2) is 27.2 Å². The highest BCUT2D eigenvalue weighted by Crippen LogP contribution is 2.44. The van der Waals surface area contributed by atoms with Crippen molar-refractivity contribution in [2.24, 2.45) is 0 Å². The summed E-state index contributed by atoms with van der Waals surface area (Å²) in [7, 11) is 1.50. The van der Waals surface area contributed by atoms with Gasteiger partial charge in [-0.1, -0.05) is 93.9 Å². The van der Waals surface area contributed by atoms with Crippen LogP contribution in [0, 0.1) is 0 Å². The Morgan fingerprint density at radius 3 is 1.85 bits per heavy atom. The smallest absolute Gasteiger partial charge is 0.250 e. The fourth-order valence-corrected chi connectivity index (χ4v) is 2.92. The topological polar surface area (TPSA) is 68.1 Å². The van der Waals surface area contributed by atoms with Gasteiger partial charge in [0.1, 0.15) is 11.5 Å². The van der Waals surface area contributed by atoms with Gasteiger partial charge in [0.15, 0.2) is 17.5 Å². The number of benzene rings is 2. The first-order valence-corrected chi connectivity index (χ1v) is 9.48. The lowest BCUT2D eigenvalue weighted by Gasteiger charge is -2.17. The van der Waals surface area contributed by atoms with Gasteiger partial charge >= 0.3 is 0 Å². The third kappa shape index (κ3) is 4.24. The summed E-state index contributed by atoms with van der Waals surface area (Å²) in [6, 6.07) is 8.62. The van der Waals surface area contributed by atoms with E-state index < -0.39 is 7.59 Å². The van der Waals surface area contributed by atoms with Crippen molar-refractivity contribution >= 4 is 80.4 Å². The minimum absolute atomic E-state index is 0.0470. The molecule has 0 fully saturated rings. The Labute approximate surface area is 184 Å². The van der Waals surface area contributed by atoms with Crippen molar-refractivity contribution in [2.45, 2.75) is 7.59 Å². The number of alkyl halides is 6. The molecule has 3 aromatic rings. The first-order chi connectivity index (χ1) is 12.5. The number of hydrogen-bond donors (Lipinski definition) is 1. The van der Waals surface area contributed by atoms with Crippen LogP contribution < -0.4 is 4.74 Å². The van der Waals surface area contributed by atoms with E-state index >= 15 is 0 Å². The molecule has 0 spiro atoms. The van der Waals surface area contributed by atoms with Crippen LogP contribution in [0.25, 0.3) is 22.2 Å². The highest BCUT2D eigenvalue weighted by atomic mass is 35.6. The monoisotopic (exact) mass is 485 g/mol. The van der Waals surface area contributed by atoms with Gasteiger partial charge in [0.2, 0.25) is 7.59 Å². The summed E-state index contributed by atoms with van der Waals surface area (Å²) in [5.41, 5.74) is 0.193. The average Bonchev–Trinajstić information content (AvgIpc) is 2.60. The van der Waals surface area contributed by atoms with Gasteiger partial charge in [-0.05, 0) is 6.07 Å². The second-order valence-corrected chi connectivity index (χ2v) is 9.88. The van der Waals surface area contributed by atoms with Gasteiger partial charge in [0.05, 0.1) is 12.7 Å². The van der Waals surface area contributed by atoms with Crippen LogP contribution in [0.1, 0.15) is 11.6 Å². The van der Waals surface area contributed by atoms with E-state index in [9.17, 15) is 5.11 Å². The fraction of sp³-hybridized carbons (Fsp3) is 0.188. The minimum Gasteiger partial charge on any atom is -0.507 e. The summed E-state index contributed by atoms with van der Waals surface area (Å²) in [6.07, 6.45) is 0. The van der Waals surface area contributed by atoms with E-state index in [-0.39, 0.29) is 28.8 Å². The molecule has 0 saturated carbocycles. The van der Waals surface area contributed by atoms with E-state index in [1.54, 1.807) is 18.2 Å². The molecule has 0 atom stereocenters. The first-order valence-electron chi connectivity index (χ1n) is 7.22. The summed E-state index contributed by atoms with van der Waals surface area (Å²) in [4.78, 5) is 12.2. The second-order valence-electron chi connectivity index (χ2n) is 5.32. The van der Waals surface area contributed by atoms with Gasteiger partial charge in [-0.15, -0.1) is 0 Å². The normalized spacial score (nSPS) is 12.4. The van der Waals surface area contributed by atoms with Crippen LogP contribution in [0.5, 0.6) is 11.5 Å². The number of aromatic hydroxyl groups is 1. The van der Waals surface area contributed by atoms with Crippen molar-refractivity contribution < 1.29 is 9.84 Å². The lowest BCUT2D eigenvalue weighted by atomic mass is 10.0. The number of fused-ring (bicyclic) bond motifs is 1. The van der Waals surface area contributed by atoms with Crippen LogP contribution in [0.4, 0.5) is 0 Å². The SMILES string of the molecule is COc1cc(-c2nc(C(Cl)(Cl)Cl)nc(C(Cl)(Cl)Cl)n2)c(O)c2ccccc12. The highest BCUT2D eigenvalue weighted by Gasteiger charge is 2.34. The number of nitrogens with zero attached hydrogens (tertiary/aromatic N) is 3. The molecule has 3 rings (SSSR count). The van der Waals surface area contributed by atoms with Crippen molar-refractivity contribution in [3.8, 4) is 22.9 Å². The van der Waals surface area contributed by atoms with Gasteiger partial charge in [0.25, 0.3) is 0 Å². The molecule has 0 radical (unpaired) electrons. The second kappa shape index (κ2) is 7.47. The van der Waals surface area contributed by atoms with Crippen molar-refractivity contribution in [3.05, 3.63) is 42.0 Å². The van der Waals surface area contributed by atoms with E-state index in [1.807, 2.05) is 6.07 Å². The lowest BCUT2D eigenvalue weighted by Crippen LogP contribution is -2.16. The van der Waals surface area contributed by atoms with Crippen LogP contribution in [-0.2, 0) is 7.59 Å². The zero-order valence-electron chi connectivity index (χ0n) is 13.4. The number of methoxy groups -OCH3 is 1. The molecule has 0 unspecified atom stereocenters. The summed E-state index contributed by atoms with van der Waals surface area (Å²) in [6.45, 7) is 0. The Balaban J connectivity index is 2.35. The number of hydrogen-bond acceptors (Lipinski definition) is 5.